The van der Waals surface area contributed by atoms with Gasteiger partial charge < -0.3 is 13.9 Å². The first-order valence-corrected chi connectivity index (χ1v) is 10.6. The second-order valence-electron chi connectivity index (χ2n) is 7.97. The molecule has 1 aliphatic heterocycles. The van der Waals surface area contributed by atoms with Crippen molar-refractivity contribution in [2.24, 2.45) is 0 Å². The molecule has 0 spiro atoms. The Labute approximate surface area is 189 Å². The predicted octanol–water partition coefficient (Wildman–Crippen LogP) is 4.86. The van der Waals surface area contributed by atoms with Crippen LogP contribution in [-0.2, 0) is 6.54 Å². The van der Waals surface area contributed by atoms with E-state index in [1.807, 2.05) is 39.0 Å². The van der Waals surface area contributed by atoms with Gasteiger partial charge in [0.2, 0.25) is 0 Å². The van der Waals surface area contributed by atoms with E-state index in [1.54, 1.807) is 46.5 Å². The van der Waals surface area contributed by atoms with Crippen LogP contribution in [0.3, 0.4) is 0 Å². The van der Waals surface area contributed by atoms with Crippen LogP contribution in [-0.4, -0.2) is 24.9 Å². The first kappa shape index (κ1) is 20.3. The number of aromatic nitrogens is 3. The first-order valence-electron chi connectivity index (χ1n) is 10.3. The maximum atomic E-state index is 13.6. The first-order chi connectivity index (χ1) is 15.3. The van der Waals surface area contributed by atoms with E-state index in [2.05, 4.69) is 4.98 Å². The number of allylic oxidation sites excluding steroid dienone is 2. The molecular weight excluding hydrogens is 428 g/mol. The molecule has 1 amide bonds. The van der Waals surface area contributed by atoms with Gasteiger partial charge in [-0.2, -0.15) is 0 Å². The lowest BCUT2D eigenvalue weighted by molar-refractivity contribution is 0.0751. The third-order valence-corrected chi connectivity index (χ3v) is 6.17. The number of pyridine rings is 1. The Balaban J connectivity index is 1.59. The predicted molar refractivity (Wildman–Crippen MR) is 122 cm³/mol. The zero-order valence-electron chi connectivity index (χ0n) is 17.9. The van der Waals surface area contributed by atoms with E-state index < -0.39 is 0 Å². The van der Waals surface area contributed by atoms with E-state index in [1.165, 1.54) is 4.57 Å². The van der Waals surface area contributed by atoms with Gasteiger partial charge in [-0.1, -0.05) is 11.6 Å². The number of fused-ring (bicyclic) bond motifs is 2. The van der Waals surface area contributed by atoms with Crippen LogP contribution in [0.1, 0.15) is 41.6 Å². The van der Waals surface area contributed by atoms with Gasteiger partial charge in [0.25, 0.3) is 11.5 Å². The van der Waals surface area contributed by atoms with Crippen molar-refractivity contribution in [3.05, 3.63) is 93.2 Å². The monoisotopic (exact) mass is 448 g/mol. The highest BCUT2D eigenvalue weighted by molar-refractivity contribution is 6.31. The number of furan rings is 1. The minimum absolute atomic E-state index is 0.243. The summed E-state index contributed by atoms with van der Waals surface area (Å²) in [6, 6.07) is 8.47. The Morgan fingerprint density at radius 1 is 1.16 bits per heavy atom. The molecule has 0 radical (unpaired) electrons. The summed E-state index contributed by atoms with van der Waals surface area (Å²) in [4.78, 5) is 32.8. The lowest BCUT2D eigenvalue weighted by Gasteiger charge is -2.29. The van der Waals surface area contributed by atoms with Crippen molar-refractivity contribution in [3.63, 3.8) is 0 Å². The molecule has 0 fully saturated rings. The summed E-state index contributed by atoms with van der Waals surface area (Å²) in [5.74, 6) is -0.245. The number of amides is 1. The molecule has 3 aromatic heterocycles. The van der Waals surface area contributed by atoms with E-state index in [9.17, 15) is 9.59 Å². The van der Waals surface area contributed by atoms with Gasteiger partial charge in [-0.3, -0.25) is 14.2 Å². The molecule has 1 atom stereocenters. The number of hydrogen-bond acceptors (Lipinski definition) is 4. The highest BCUT2D eigenvalue weighted by Crippen LogP contribution is 2.34. The number of rotatable bonds is 3. The molecule has 1 aromatic carbocycles. The molecule has 0 aliphatic carbocycles. The van der Waals surface area contributed by atoms with Gasteiger partial charge in [0.15, 0.2) is 0 Å². The largest absolute Gasteiger partial charge is 0.464 e. The quantitative estimate of drug-likeness (QED) is 0.448. The average molecular weight is 449 g/mol. The molecule has 1 aliphatic rings. The fourth-order valence-electron chi connectivity index (χ4n) is 4.25. The van der Waals surface area contributed by atoms with Crippen LogP contribution in [0.25, 0.3) is 16.7 Å². The number of carbonyl (C=O) groups is 1. The van der Waals surface area contributed by atoms with E-state index in [0.29, 0.717) is 28.5 Å². The second kappa shape index (κ2) is 7.53. The number of halogens is 1. The highest BCUT2D eigenvalue weighted by Gasteiger charge is 2.30. The number of aryl methyl sites for hydroxylation is 1. The van der Waals surface area contributed by atoms with Crippen molar-refractivity contribution >= 4 is 28.5 Å². The van der Waals surface area contributed by atoms with Gasteiger partial charge in [0, 0.05) is 34.4 Å². The number of imidazole rings is 1. The third-order valence-electron chi connectivity index (χ3n) is 5.93. The maximum absolute atomic E-state index is 13.6. The van der Waals surface area contributed by atoms with E-state index in [0.717, 1.165) is 22.3 Å². The van der Waals surface area contributed by atoms with E-state index >= 15 is 0 Å². The highest BCUT2D eigenvalue weighted by atomic mass is 35.5. The topological polar surface area (TPSA) is 73.3 Å². The van der Waals surface area contributed by atoms with Crippen LogP contribution < -0.4 is 5.56 Å². The molecule has 0 bridgehead atoms. The molecule has 7 nitrogen and oxygen atoms in total. The van der Waals surface area contributed by atoms with Gasteiger partial charge >= 0.3 is 0 Å². The zero-order chi connectivity index (χ0) is 22.6. The fourth-order valence-corrected chi connectivity index (χ4v) is 4.43. The number of nitrogens with zero attached hydrogens (tertiary/aromatic N) is 4. The molecular formula is C24H21ClN4O3. The Morgan fingerprint density at radius 3 is 2.72 bits per heavy atom. The van der Waals surface area contributed by atoms with Gasteiger partial charge in [-0.25, -0.2) is 4.98 Å². The lowest BCUT2D eigenvalue weighted by atomic mass is 10.0. The molecule has 8 heteroatoms. The average Bonchev–Trinajstić information content (AvgIpc) is 3.35. The molecule has 1 unspecified atom stereocenters. The molecule has 4 heterocycles. The van der Waals surface area contributed by atoms with Crippen LogP contribution in [0.4, 0.5) is 0 Å². The van der Waals surface area contributed by atoms with Gasteiger partial charge in [0.1, 0.15) is 17.0 Å². The molecule has 32 heavy (non-hydrogen) atoms. The molecule has 0 saturated heterocycles. The summed E-state index contributed by atoms with van der Waals surface area (Å²) in [5, 5.41) is 1.46. The van der Waals surface area contributed by atoms with Gasteiger partial charge in [0.05, 0.1) is 24.3 Å². The second-order valence-corrected chi connectivity index (χ2v) is 8.41. The Kier molecular flexibility index (Phi) is 4.78. The Bertz CT molecular complexity index is 1460. The normalized spacial score (nSPS) is 14.9. The molecule has 4 aromatic rings. The van der Waals surface area contributed by atoms with Crippen LogP contribution in [0.5, 0.6) is 0 Å². The zero-order valence-corrected chi connectivity index (χ0v) is 18.6. The van der Waals surface area contributed by atoms with E-state index in [-0.39, 0.29) is 17.5 Å². The van der Waals surface area contributed by atoms with Crippen LogP contribution in [0.2, 0.25) is 5.02 Å². The SMILES string of the molecule is CC1=CCn2c(ccc(-n3cnc(C)c3)c2=O)C(=O)N1C(C)c1coc2ccc(Cl)cc12. The molecule has 0 saturated carbocycles. The van der Waals surface area contributed by atoms with E-state index in [4.69, 9.17) is 16.0 Å². The van der Waals surface area contributed by atoms with Crippen molar-refractivity contribution in [2.45, 2.75) is 33.4 Å². The minimum atomic E-state index is -0.323. The summed E-state index contributed by atoms with van der Waals surface area (Å²) < 4.78 is 8.88. The summed E-state index contributed by atoms with van der Waals surface area (Å²) in [7, 11) is 0. The molecule has 5 rings (SSSR count). The number of carbonyl (C=O) groups excluding carboxylic acids is 1. The van der Waals surface area contributed by atoms with Gasteiger partial charge in [-0.05, 0) is 57.2 Å². The van der Waals surface area contributed by atoms with Crippen molar-refractivity contribution in [3.8, 4) is 5.69 Å². The standard InChI is InChI=1S/C24H21ClN4O3/c1-14-11-27(13-26-14)20-5-6-21-24(31)29(15(2)8-9-28(21)23(20)30)16(3)19-12-32-22-7-4-17(25)10-18(19)22/h4-8,10-13,16H,9H2,1-3H3. The fraction of sp³-hybridized carbons (Fsp3) is 0.208. The van der Waals surface area contributed by atoms with Crippen molar-refractivity contribution < 1.29 is 9.21 Å². The summed E-state index contributed by atoms with van der Waals surface area (Å²) in [5.41, 5.74) is 3.67. The smallest absolute Gasteiger partial charge is 0.275 e. The van der Waals surface area contributed by atoms with Crippen LogP contribution >= 0.6 is 11.6 Å². The lowest BCUT2D eigenvalue weighted by Crippen LogP contribution is -2.35. The number of benzene rings is 1. The molecule has 162 valence electrons. The molecule has 0 N–H and O–H groups in total. The van der Waals surface area contributed by atoms with Crippen LogP contribution in [0.15, 0.2) is 70.1 Å². The summed E-state index contributed by atoms with van der Waals surface area (Å²) in [6.07, 6.45) is 6.94. The maximum Gasteiger partial charge on any atom is 0.275 e. The number of hydrogen-bond donors (Lipinski definition) is 0. The van der Waals surface area contributed by atoms with Gasteiger partial charge in [-0.15, -0.1) is 0 Å². The van der Waals surface area contributed by atoms with Crippen LogP contribution in [0, 0.1) is 6.92 Å². The van der Waals surface area contributed by atoms with Crippen molar-refractivity contribution in [2.75, 3.05) is 0 Å². The summed E-state index contributed by atoms with van der Waals surface area (Å²) in [6.45, 7) is 5.98. The van der Waals surface area contributed by atoms with Crippen molar-refractivity contribution in [1.82, 2.24) is 19.0 Å². The summed E-state index contributed by atoms with van der Waals surface area (Å²) >= 11 is 6.19. The Hall–Kier alpha value is -3.58. The van der Waals surface area contributed by atoms with Crippen molar-refractivity contribution in [1.29, 1.82) is 0 Å². The Morgan fingerprint density at radius 2 is 1.97 bits per heavy atom. The third kappa shape index (κ3) is 3.17. The minimum Gasteiger partial charge on any atom is -0.464 e.